The molecule has 0 atom stereocenters. The first-order valence-electron chi connectivity index (χ1n) is 8.00. The van der Waals surface area contributed by atoms with E-state index in [9.17, 15) is 0 Å². The van der Waals surface area contributed by atoms with E-state index < -0.39 is 0 Å². The van der Waals surface area contributed by atoms with Gasteiger partial charge in [-0.25, -0.2) is 0 Å². The summed E-state index contributed by atoms with van der Waals surface area (Å²) in [5, 5.41) is 2.30. The number of benzene rings is 1. The molecule has 0 spiro atoms. The van der Waals surface area contributed by atoms with Crippen molar-refractivity contribution in [2.45, 2.75) is 46.0 Å². The van der Waals surface area contributed by atoms with Crippen LogP contribution in [0, 0.1) is 6.92 Å². The van der Waals surface area contributed by atoms with E-state index in [1.807, 2.05) is 0 Å². The lowest BCUT2D eigenvalue weighted by Gasteiger charge is -2.24. The molecule has 3 nitrogen and oxygen atoms in total. The van der Waals surface area contributed by atoms with Crippen molar-refractivity contribution in [3.63, 3.8) is 0 Å². The summed E-state index contributed by atoms with van der Waals surface area (Å²) >= 11 is 0. The van der Waals surface area contributed by atoms with Crippen molar-refractivity contribution in [2.24, 2.45) is 0 Å². The summed E-state index contributed by atoms with van der Waals surface area (Å²) in [5.41, 5.74) is 2.65. The van der Waals surface area contributed by atoms with Crippen LogP contribution in [0.1, 0.15) is 44.7 Å². The second kappa shape index (κ2) is 9.06. The largest absolute Gasteiger partial charge is 0.493 e. The number of hydrogen-bond donors (Lipinski definition) is 1. The number of quaternary nitrogens is 1. The van der Waals surface area contributed by atoms with Gasteiger partial charge in [-0.05, 0) is 36.3 Å². The number of ether oxygens (including phenoxy) is 2. The molecule has 0 aliphatic rings. The fourth-order valence-corrected chi connectivity index (χ4v) is 2.35. The topological polar surface area (TPSA) is 35.1 Å². The maximum absolute atomic E-state index is 6.08. The zero-order chi connectivity index (χ0) is 15.7. The molecule has 120 valence electrons. The molecule has 2 N–H and O–H groups in total. The molecule has 0 bridgehead atoms. The first kappa shape index (κ1) is 18.0. The lowest BCUT2D eigenvalue weighted by Crippen LogP contribution is -2.85. The highest BCUT2D eigenvalue weighted by Gasteiger charge is 2.19. The Morgan fingerprint density at radius 3 is 2.48 bits per heavy atom. The summed E-state index contributed by atoms with van der Waals surface area (Å²) in [6.45, 7) is 12.7. The summed E-state index contributed by atoms with van der Waals surface area (Å²) in [6.07, 6.45) is 2.28. The fourth-order valence-electron chi connectivity index (χ4n) is 2.35. The van der Waals surface area contributed by atoms with E-state index in [1.165, 1.54) is 17.5 Å². The van der Waals surface area contributed by atoms with Gasteiger partial charge in [-0.3, -0.25) is 0 Å². The van der Waals surface area contributed by atoms with Crippen LogP contribution in [0.4, 0.5) is 0 Å². The average molecular weight is 294 g/mol. The van der Waals surface area contributed by atoms with Crippen LogP contribution in [0.25, 0.3) is 0 Å². The third-order valence-electron chi connectivity index (χ3n) is 3.59. The number of rotatable bonds is 9. The van der Waals surface area contributed by atoms with Gasteiger partial charge in [0, 0.05) is 7.11 Å². The van der Waals surface area contributed by atoms with Gasteiger partial charge in [-0.1, -0.05) is 39.0 Å². The Bertz CT molecular complexity index is 410. The fraction of sp³-hybridized carbons (Fsp3) is 0.667. The van der Waals surface area contributed by atoms with Gasteiger partial charge in [-0.15, -0.1) is 0 Å². The van der Waals surface area contributed by atoms with Crippen molar-refractivity contribution in [2.75, 3.05) is 33.4 Å². The predicted molar refractivity (Wildman–Crippen MR) is 88.1 cm³/mol. The highest BCUT2D eigenvalue weighted by atomic mass is 16.5. The van der Waals surface area contributed by atoms with Crippen molar-refractivity contribution >= 4 is 0 Å². The maximum Gasteiger partial charge on any atom is 0.125 e. The molecule has 0 aromatic heterocycles. The van der Waals surface area contributed by atoms with Crippen LogP contribution in [0.2, 0.25) is 0 Å². The van der Waals surface area contributed by atoms with Crippen LogP contribution in [0.15, 0.2) is 18.2 Å². The lowest BCUT2D eigenvalue weighted by atomic mass is 9.85. The Morgan fingerprint density at radius 2 is 1.81 bits per heavy atom. The molecule has 0 radical (unpaired) electrons. The van der Waals surface area contributed by atoms with Gasteiger partial charge in [0.15, 0.2) is 0 Å². The molecule has 0 saturated heterocycles. The SMILES string of the molecule is COCC[NH2+]CCCCOc1c(C)cccc1C(C)(C)C. The number of aryl methyl sites for hydroxylation is 1. The minimum Gasteiger partial charge on any atom is -0.493 e. The molecule has 0 unspecified atom stereocenters. The van der Waals surface area contributed by atoms with Gasteiger partial charge in [0.2, 0.25) is 0 Å². The molecule has 21 heavy (non-hydrogen) atoms. The zero-order valence-electron chi connectivity index (χ0n) is 14.4. The minimum absolute atomic E-state index is 0.120. The molecule has 0 fully saturated rings. The molecule has 0 aliphatic carbocycles. The molecule has 0 aliphatic heterocycles. The van der Waals surface area contributed by atoms with Gasteiger partial charge in [-0.2, -0.15) is 0 Å². The van der Waals surface area contributed by atoms with Gasteiger partial charge >= 0.3 is 0 Å². The van der Waals surface area contributed by atoms with Gasteiger partial charge in [0.05, 0.1) is 26.3 Å². The Labute approximate surface area is 130 Å². The summed E-state index contributed by atoms with van der Waals surface area (Å²) in [6, 6.07) is 6.43. The third-order valence-corrected chi connectivity index (χ3v) is 3.59. The smallest absolute Gasteiger partial charge is 0.125 e. The quantitative estimate of drug-likeness (QED) is 0.711. The summed E-state index contributed by atoms with van der Waals surface area (Å²) < 4.78 is 11.1. The number of methoxy groups -OCH3 is 1. The second-order valence-corrected chi connectivity index (χ2v) is 6.62. The highest BCUT2D eigenvalue weighted by Crippen LogP contribution is 2.33. The number of para-hydroxylation sites is 1. The highest BCUT2D eigenvalue weighted by molar-refractivity contribution is 5.44. The molecule has 1 aromatic rings. The number of unbranched alkanes of at least 4 members (excludes halogenated alkanes) is 1. The number of nitrogens with two attached hydrogens (primary N) is 1. The standard InChI is InChI=1S/C18H31NO2/c1-15-9-8-10-16(18(2,3)4)17(15)21-13-7-6-11-19-12-14-20-5/h8-10,19H,6-7,11-14H2,1-5H3/p+1. The molecule has 1 aromatic carbocycles. The number of hydrogen-bond acceptors (Lipinski definition) is 2. The van der Waals surface area contributed by atoms with Crippen molar-refractivity contribution < 1.29 is 14.8 Å². The second-order valence-electron chi connectivity index (χ2n) is 6.62. The molecule has 3 heteroatoms. The summed E-state index contributed by atoms with van der Waals surface area (Å²) in [5.74, 6) is 1.08. The van der Waals surface area contributed by atoms with Gasteiger partial charge in [0.1, 0.15) is 5.75 Å². The molecule has 1 rings (SSSR count). The maximum atomic E-state index is 6.08. The van der Waals surface area contributed by atoms with Crippen LogP contribution >= 0.6 is 0 Å². The van der Waals surface area contributed by atoms with E-state index >= 15 is 0 Å². The molecule has 0 amide bonds. The van der Waals surface area contributed by atoms with Crippen LogP contribution < -0.4 is 10.1 Å². The minimum atomic E-state index is 0.120. The van der Waals surface area contributed by atoms with Crippen LogP contribution in [-0.2, 0) is 10.2 Å². The van der Waals surface area contributed by atoms with E-state index in [0.717, 1.165) is 38.5 Å². The lowest BCUT2D eigenvalue weighted by molar-refractivity contribution is -0.656. The first-order chi connectivity index (χ1) is 9.96. The van der Waals surface area contributed by atoms with Gasteiger partial charge < -0.3 is 14.8 Å². The summed E-state index contributed by atoms with van der Waals surface area (Å²) in [7, 11) is 1.75. The van der Waals surface area contributed by atoms with Crippen molar-refractivity contribution in [1.82, 2.24) is 0 Å². The van der Waals surface area contributed by atoms with E-state index in [1.54, 1.807) is 7.11 Å². The molecular weight excluding hydrogens is 262 g/mol. The van der Waals surface area contributed by atoms with E-state index in [4.69, 9.17) is 9.47 Å². The van der Waals surface area contributed by atoms with Gasteiger partial charge in [0.25, 0.3) is 0 Å². The van der Waals surface area contributed by atoms with E-state index in [0.29, 0.717) is 0 Å². The summed E-state index contributed by atoms with van der Waals surface area (Å²) in [4.78, 5) is 0. The zero-order valence-corrected chi connectivity index (χ0v) is 14.4. The van der Waals surface area contributed by atoms with Crippen molar-refractivity contribution in [1.29, 1.82) is 0 Å². The van der Waals surface area contributed by atoms with Crippen LogP contribution in [0.5, 0.6) is 5.75 Å². The Morgan fingerprint density at radius 1 is 1.05 bits per heavy atom. The third kappa shape index (κ3) is 6.49. The Balaban J connectivity index is 2.38. The first-order valence-corrected chi connectivity index (χ1v) is 8.00. The van der Waals surface area contributed by atoms with E-state index in [2.05, 4.69) is 51.2 Å². The monoisotopic (exact) mass is 294 g/mol. The van der Waals surface area contributed by atoms with Crippen molar-refractivity contribution in [3.8, 4) is 5.75 Å². The Hall–Kier alpha value is -1.06. The normalized spacial score (nSPS) is 11.7. The average Bonchev–Trinajstić information content (AvgIpc) is 2.42. The molecular formula is C18H32NO2+. The molecule has 0 saturated carbocycles. The molecule has 0 heterocycles. The Kier molecular flexibility index (Phi) is 7.76. The predicted octanol–water partition coefficient (Wildman–Crippen LogP) is 2.66. The van der Waals surface area contributed by atoms with Crippen molar-refractivity contribution in [3.05, 3.63) is 29.3 Å². The van der Waals surface area contributed by atoms with Crippen LogP contribution in [0.3, 0.4) is 0 Å². The van der Waals surface area contributed by atoms with E-state index in [-0.39, 0.29) is 5.41 Å². The van der Waals surface area contributed by atoms with Crippen LogP contribution in [-0.4, -0.2) is 33.4 Å².